The van der Waals surface area contributed by atoms with E-state index in [-0.39, 0.29) is 5.91 Å². The quantitative estimate of drug-likeness (QED) is 0.898. The van der Waals surface area contributed by atoms with Gasteiger partial charge >= 0.3 is 0 Å². The molecule has 0 saturated carbocycles. The van der Waals surface area contributed by atoms with Crippen molar-refractivity contribution in [3.63, 3.8) is 0 Å². The van der Waals surface area contributed by atoms with Crippen LogP contribution in [0.4, 0.5) is 5.69 Å². The van der Waals surface area contributed by atoms with E-state index in [2.05, 4.69) is 23.6 Å². The molecule has 0 aliphatic rings. The third-order valence-electron chi connectivity index (χ3n) is 3.07. The van der Waals surface area contributed by atoms with Crippen LogP contribution < -0.4 is 10.6 Å². The number of anilines is 1. The molecule has 100 valence electrons. The molecule has 19 heavy (non-hydrogen) atoms. The Balaban J connectivity index is 2.10. The normalized spacial score (nSPS) is 10.3. The van der Waals surface area contributed by atoms with E-state index in [0.717, 1.165) is 11.3 Å². The SMILES string of the molecule is CNc1cc(C)ccc1C(=O)NCc1sccc1C. The minimum atomic E-state index is -0.0443. The second kappa shape index (κ2) is 5.89. The van der Waals surface area contributed by atoms with Gasteiger partial charge in [-0.3, -0.25) is 4.79 Å². The summed E-state index contributed by atoms with van der Waals surface area (Å²) in [6.45, 7) is 4.65. The molecule has 2 N–H and O–H groups in total. The van der Waals surface area contributed by atoms with Crippen molar-refractivity contribution in [3.8, 4) is 0 Å². The van der Waals surface area contributed by atoms with E-state index in [4.69, 9.17) is 0 Å². The fraction of sp³-hybridized carbons (Fsp3) is 0.267. The van der Waals surface area contributed by atoms with Crippen molar-refractivity contribution in [1.82, 2.24) is 5.32 Å². The Kier molecular flexibility index (Phi) is 4.22. The van der Waals surface area contributed by atoms with Gasteiger partial charge in [0, 0.05) is 17.6 Å². The van der Waals surface area contributed by atoms with Crippen LogP contribution in [-0.4, -0.2) is 13.0 Å². The molecule has 0 spiro atoms. The van der Waals surface area contributed by atoms with Crippen LogP contribution in [-0.2, 0) is 6.54 Å². The highest BCUT2D eigenvalue weighted by molar-refractivity contribution is 7.10. The lowest BCUT2D eigenvalue weighted by Crippen LogP contribution is -2.23. The third kappa shape index (κ3) is 3.15. The van der Waals surface area contributed by atoms with Gasteiger partial charge in [-0.1, -0.05) is 6.07 Å². The molecular weight excluding hydrogens is 256 g/mol. The zero-order chi connectivity index (χ0) is 13.8. The van der Waals surface area contributed by atoms with E-state index in [1.54, 1.807) is 11.3 Å². The van der Waals surface area contributed by atoms with Crippen LogP contribution >= 0.6 is 11.3 Å². The average Bonchev–Trinajstić information content (AvgIpc) is 2.81. The van der Waals surface area contributed by atoms with Crippen molar-refractivity contribution in [2.45, 2.75) is 20.4 Å². The van der Waals surface area contributed by atoms with Crippen LogP contribution in [0, 0.1) is 13.8 Å². The summed E-state index contributed by atoms with van der Waals surface area (Å²) in [5.41, 5.74) is 3.90. The molecule has 0 bridgehead atoms. The first-order chi connectivity index (χ1) is 9.11. The molecule has 2 rings (SSSR count). The minimum Gasteiger partial charge on any atom is -0.387 e. The molecule has 0 atom stereocenters. The molecule has 1 aromatic heterocycles. The van der Waals surface area contributed by atoms with Gasteiger partial charge in [-0.25, -0.2) is 0 Å². The molecule has 0 saturated heterocycles. The standard InChI is InChI=1S/C15H18N2OS/c1-10-4-5-12(13(8-10)16-3)15(18)17-9-14-11(2)6-7-19-14/h4-8,16H,9H2,1-3H3,(H,17,18). The van der Waals surface area contributed by atoms with Crippen molar-refractivity contribution in [3.05, 3.63) is 51.2 Å². The smallest absolute Gasteiger partial charge is 0.253 e. The van der Waals surface area contributed by atoms with Crippen molar-refractivity contribution < 1.29 is 4.79 Å². The number of aryl methyl sites for hydroxylation is 2. The Morgan fingerprint density at radius 1 is 1.26 bits per heavy atom. The van der Waals surface area contributed by atoms with Gasteiger partial charge in [0.15, 0.2) is 0 Å². The van der Waals surface area contributed by atoms with E-state index >= 15 is 0 Å². The molecule has 1 heterocycles. The molecule has 0 aliphatic carbocycles. The lowest BCUT2D eigenvalue weighted by Gasteiger charge is -2.10. The van der Waals surface area contributed by atoms with Crippen LogP contribution in [0.2, 0.25) is 0 Å². The monoisotopic (exact) mass is 274 g/mol. The molecule has 2 aromatic rings. The first kappa shape index (κ1) is 13.6. The molecule has 3 nitrogen and oxygen atoms in total. The first-order valence-corrected chi connectivity index (χ1v) is 7.09. The zero-order valence-electron chi connectivity index (χ0n) is 11.4. The highest BCUT2D eigenvalue weighted by atomic mass is 32.1. The number of carbonyl (C=O) groups is 1. The van der Waals surface area contributed by atoms with Crippen molar-refractivity contribution >= 4 is 22.9 Å². The Bertz CT molecular complexity index is 590. The fourth-order valence-electron chi connectivity index (χ4n) is 1.90. The van der Waals surface area contributed by atoms with Crippen molar-refractivity contribution in [1.29, 1.82) is 0 Å². The van der Waals surface area contributed by atoms with E-state index < -0.39 is 0 Å². The van der Waals surface area contributed by atoms with Gasteiger partial charge in [0.05, 0.1) is 12.1 Å². The summed E-state index contributed by atoms with van der Waals surface area (Å²) >= 11 is 1.67. The number of carbonyl (C=O) groups excluding carboxylic acids is 1. The summed E-state index contributed by atoms with van der Waals surface area (Å²) in [5.74, 6) is -0.0443. The summed E-state index contributed by atoms with van der Waals surface area (Å²) in [5, 5.41) is 8.07. The van der Waals surface area contributed by atoms with Crippen molar-refractivity contribution in [2.24, 2.45) is 0 Å². The maximum Gasteiger partial charge on any atom is 0.253 e. The molecule has 0 unspecified atom stereocenters. The average molecular weight is 274 g/mol. The van der Waals surface area contributed by atoms with E-state index in [1.165, 1.54) is 10.4 Å². The molecular formula is C15H18N2OS. The second-order valence-electron chi connectivity index (χ2n) is 4.51. The van der Waals surface area contributed by atoms with Crippen LogP contribution in [0.15, 0.2) is 29.6 Å². The lowest BCUT2D eigenvalue weighted by atomic mass is 10.1. The molecule has 0 fully saturated rings. The Morgan fingerprint density at radius 3 is 2.68 bits per heavy atom. The number of amides is 1. The number of hydrogen-bond acceptors (Lipinski definition) is 3. The Morgan fingerprint density at radius 2 is 2.05 bits per heavy atom. The molecule has 1 aromatic carbocycles. The topological polar surface area (TPSA) is 41.1 Å². The zero-order valence-corrected chi connectivity index (χ0v) is 12.2. The fourth-order valence-corrected chi connectivity index (χ4v) is 2.75. The van der Waals surface area contributed by atoms with E-state index in [1.807, 2.05) is 37.6 Å². The number of hydrogen-bond donors (Lipinski definition) is 2. The van der Waals surface area contributed by atoms with Crippen LogP contribution in [0.3, 0.4) is 0 Å². The molecule has 4 heteroatoms. The van der Waals surface area contributed by atoms with Crippen molar-refractivity contribution in [2.75, 3.05) is 12.4 Å². The maximum atomic E-state index is 12.2. The van der Waals surface area contributed by atoms with Crippen LogP contribution in [0.25, 0.3) is 0 Å². The Labute approximate surface area is 117 Å². The highest BCUT2D eigenvalue weighted by Gasteiger charge is 2.11. The maximum absolute atomic E-state index is 12.2. The van der Waals surface area contributed by atoms with E-state index in [0.29, 0.717) is 12.1 Å². The highest BCUT2D eigenvalue weighted by Crippen LogP contribution is 2.18. The number of thiophene rings is 1. The van der Waals surface area contributed by atoms with Gasteiger partial charge in [-0.15, -0.1) is 11.3 Å². The Hall–Kier alpha value is -1.81. The number of nitrogens with one attached hydrogen (secondary N) is 2. The van der Waals surface area contributed by atoms with Gasteiger partial charge in [-0.2, -0.15) is 0 Å². The minimum absolute atomic E-state index is 0.0443. The number of rotatable bonds is 4. The predicted molar refractivity (Wildman–Crippen MR) is 81.0 cm³/mol. The predicted octanol–water partition coefficient (Wildman–Crippen LogP) is 3.34. The molecule has 1 amide bonds. The van der Waals surface area contributed by atoms with E-state index in [9.17, 15) is 4.79 Å². The second-order valence-corrected chi connectivity index (χ2v) is 5.51. The third-order valence-corrected chi connectivity index (χ3v) is 4.09. The van der Waals surface area contributed by atoms with Gasteiger partial charge in [0.2, 0.25) is 0 Å². The summed E-state index contributed by atoms with van der Waals surface area (Å²) < 4.78 is 0. The van der Waals surface area contributed by atoms with Gasteiger partial charge in [0.25, 0.3) is 5.91 Å². The van der Waals surface area contributed by atoms with Gasteiger partial charge < -0.3 is 10.6 Å². The van der Waals surface area contributed by atoms with Crippen LogP contribution in [0.5, 0.6) is 0 Å². The van der Waals surface area contributed by atoms with Gasteiger partial charge in [0.1, 0.15) is 0 Å². The lowest BCUT2D eigenvalue weighted by molar-refractivity contribution is 0.0952. The van der Waals surface area contributed by atoms with Crippen LogP contribution in [0.1, 0.15) is 26.4 Å². The first-order valence-electron chi connectivity index (χ1n) is 6.21. The summed E-state index contributed by atoms with van der Waals surface area (Å²) in [6, 6.07) is 7.85. The molecule has 0 radical (unpaired) electrons. The summed E-state index contributed by atoms with van der Waals surface area (Å²) in [4.78, 5) is 13.4. The van der Waals surface area contributed by atoms with Gasteiger partial charge in [-0.05, 0) is 48.6 Å². The summed E-state index contributed by atoms with van der Waals surface area (Å²) in [6.07, 6.45) is 0. The largest absolute Gasteiger partial charge is 0.387 e. The summed E-state index contributed by atoms with van der Waals surface area (Å²) in [7, 11) is 1.83. The molecule has 0 aliphatic heterocycles. The number of benzene rings is 1.